The smallest absolute Gasteiger partial charge is 0.238 e. The highest BCUT2D eigenvalue weighted by molar-refractivity contribution is 7.22. The maximum absolute atomic E-state index is 11.9. The van der Waals surface area contributed by atoms with Crippen molar-refractivity contribution in [1.82, 2.24) is 10.4 Å². The first kappa shape index (κ1) is 15.9. The minimum Gasteiger partial charge on any atom is -0.302 e. The molecule has 0 aliphatic carbocycles. The van der Waals surface area contributed by atoms with Crippen molar-refractivity contribution < 1.29 is 9.59 Å². The van der Waals surface area contributed by atoms with Gasteiger partial charge in [0.05, 0.1) is 15.9 Å². The summed E-state index contributed by atoms with van der Waals surface area (Å²) in [5.41, 5.74) is 6.98. The normalized spacial score (nSPS) is 10.3. The van der Waals surface area contributed by atoms with Gasteiger partial charge in [-0.1, -0.05) is 41.7 Å². The summed E-state index contributed by atoms with van der Waals surface area (Å²) in [6, 6.07) is 16.9. The van der Waals surface area contributed by atoms with Crippen molar-refractivity contribution in [3.05, 3.63) is 54.6 Å². The Kier molecular flexibility index (Phi) is 5.02. The van der Waals surface area contributed by atoms with Crippen molar-refractivity contribution in [2.45, 2.75) is 12.8 Å². The van der Waals surface area contributed by atoms with Gasteiger partial charge in [0.1, 0.15) is 0 Å². The van der Waals surface area contributed by atoms with E-state index in [-0.39, 0.29) is 24.7 Å². The molecule has 0 bridgehead atoms. The van der Waals surface area contributed by atoms with Crippen LogP contribution < -0.4 is 16.2 Å². The van der Waals surface area contributed by atoms with Gasteiger partial charge in [0.2, 0.25) is 11.8 Å². The molecule has 2 aromatic carbocycles. The van der Waals surface area contributed by atoms with Crippen LogP contribution in [-0.4, -0.2) is 16.8 Å². The van der Waals surface area contributed by atoms with Gasteiger partial charge < -0.3 is 5.32 Å². The zero-order valence-electron chi connectivity index (χ0n) is 12.8. The maximum Gasteiger partial charge on any atom is 0.238 e. The van der Waals surface area contributed by atoms with E-state index in [1.165, 1.54) is 11.3 Å². The molecule has 24 heavy (non-hydrogen) atoms. The Morgan fingerprint density at radius 3 is 2.42 bits per heavy atom. The van der Waals surface area contributed by atoms with Crippen LogP contribution in [0, 0.1) is 0 Å². The van der Waals surface area contributed by atoms with Crippen molar-refractivity contribution in [1.29, 1.82) is 0 Å². The van der Waals surface area contributed by atoms with Crippen molar-refractivity contribution in [3.63, 3.8) is 0 Å². The summed E-state index contributed by atoms with van der Waals surface area (Å²) >= 11 is 1.41. The van der Waals surface area contributed by atoms with Gasteiger partial charge in [0.25, 0.3) is 0 Å². The number of thiazole rings is 1. The lowest BCUT2D eigenvalue weighted by Crippen LogP contribution is -2.30. The fourth-order valence-corrected chi connectivity index (χ4v) is 2.94. The van der Waals surface area contributed by atoms with Crippen LogP contribution in [0.4, 0.5) is 10.8 Å². The zero-order chi connectivity index (χ0) is 16.8. The summed E-state index contributed by atoms with van der Waals surface area (Å²) in [4.78, 5) is 28.0. The molecular weight excluding hydrogens is 324 g/mol. The van der Waals surface area contributed by atoms with E-state index in [0.29, 0.717) is 5.13 Å². The van der Waals surface area contributed by atoms with Gasteiger partial charge in [-0.15, -0.1) is 0 Å². The standard InChI is InChI=1S/C17H16N4O2S/c22-15(19-17-18-13-8-4-5-9-14(13)24-17)10-11-16(23)21-20-12-6-2-1-3-7-12/h1-9,20H,10-11H2,(H,21,23)(H,18,19,22). The second-order valence-electron chi connectivity index (χ2n) is 5.07. The number of para-hydroxylation sites is 2. The number of fused-ring (bicyclic) bond motifs is 1. The number of rotatable bonds is 6. The molecule has 3 N–H and O–H groups in total. The Balaban J connectivity index is 1.44. The van der Waals surface area contributed by atoms with Crippen molar-refractivity contribution >= 4 is 44.2 Å². The van der Waals surface area contributed by atoms with E-state index >= 15 is 0 Å². The number of hydrazine groups is 1. The third-order valence-electron chi connectivity index (χ3n) is 3.24. The van der Waals surface area contributed by atoms with E-state index in [9.17, 15) is 9.59 Å². The van der Waals surface area contributed by atoms with E-state index in [2.05, 4.69) is 21.2 Å². The van der Waals surface area contributed by atoms with Crippen LogP contribution in [0.15, 0.2) is 54.6 Å². The Morgan fingerprint density at radius 2 is 1.62 bits per heavy atom. The van der Waals surface area contributed by atoms with Crippen LogP contribution in [0.5, 0.6) is 0 Å². The molecule has 1 aromatic heterocycles. The van der Waals surface area contributed by atoms with E-state index in [0.717, 1.165) is 15.9 Å². The van der Waals surface area contributed by atoms with Gasteiger partial charge in [0, 0.05) is 12.8 Å². The minimum atomic E-state index is -0.252. The molecule has 0 aliphatic heterocycles. The van der Waals surface area contributed by atoms with Crippen molar-refractivity contribution in [2.24, 2.45) is 0 Å². The largest absolute Gasteiger partial charge is 0.302 e. The van der Waals surface area contributed by atoms with Crippen LogP contribution in [0.25, 0.3) is 10.2 Å². The van der Waals surface area contributed by atoms with E-state index in [1.54, 1.807) is 0 Å². The predicted octanol–water partition coefficient (Wildman–Crippen LogP) is 3.16. The van der Waals surface area contributed by atoms with Crippen LogP contribution in [-0.2, 0) is 9.59 Å². The number of anilines is 2. The van der Waals surface area contributed by atoms with E-state index in [1.807, 2.05) is 54.6 Å². The number of carbonyl (C=O) groups is 2. The molecule has 0 unspecified atom stereocenters. The lowest BCUT2D eigenvalue weighted by Gasteiger charge is -2.07. The molecule has 2 amide bonds. The number of hydrogen-bond acceptors (Lipinski definition) is 5. The molecule has 7 heteroatoms. The highest BCUT2D eigenvalue weighted by Gasteiger charge is 2.10. The number of hydrogen-bond donors (Lipinski definition) is 3. The molecule has 1 heterocycles. The second kappa shape index (κ2) is 7.56. The lowest BCUT2D eigenvalue weighted by atomic mass is 10.3. The summed E-state index contributed by atoms with van der Waals surface area (Å²) < 4.78 is 1.01. The number of carbonyl (C=O) groups excluding carboxylic acids is 2. The first-order chi connectivity index (χ1) is 11.7. The molecule has 0 atom stereocenters. The fourth-order valence-electron chi connectivity index (χ4n) is 2.06. The second-order valence-corrected chi connectivity index (χ2v) is 6.10. The van der Waals surface area contributed by atoms with Gasteiger partial charge in [-0.3, -0.25) is 20.4 Å². The molecule has 0 fully saturated rings. The SMILES string of the molecule is O=C(CCC(=O)Nc1nc2ccccc2s1)NNc1ccccc1. The molecule has 3 aromatic rings. The summed E-state index contributed by atoms with van der Waals surface area (Å²) in [6.45, 7) is 0. The van der Waals surface area contributed by atoms with Crippen LogP contribution >= 0.6 is 11.3 Å². The Morgan fingerprint density at radius 1 is 0.917 bits per heavy atom. The number of nitrogens with one attached hydrogen (secondary N) is 3. The minimum absolute atomic E-state index is 0.0938. The van der Waals surface area contributed by atoms with Crippen LogP contribution in [0.1, 0.15) is 12.8 Å². The summed E-state index contributed by atoms with van der Waals surface area (Å²) in [5.74, 6) is -0.484. The van der Waals surface area contributed by atoms with Crippen molar-refractivity contribution in [2.75, 3.05) is 10.7 Å². The van der Waals surface area contributed by atoms with Gasteiger partial charge in [-0.2, -0.15) is 0 Å². The first-order valence-electron chi connectivity index (χ1n) is 7.46. The lowest BCUT2D eigenvalue weighted by molar-refractivity contribution is -0.124. The molecule has 6 nitrogen and oxygen atoms in total. The molecule has 0 aliphatic rings. The summed E-state index contributed by atoms with van der Waals surface area (Å²) in [6.07, 6.45) is 0.189. The average Bonchev–Trinajstić information content (AvgIpc) is 3.01. The van der Waals surface area contributed by atoms with Gasteiger partial charge in [-0.05, 0) is 24.3 Å². The summed E-state index contributed by atoms with van der Waals surface area (Å²) in [7, 11) is 0. The van der Waals surface area contributed by atoms with Gasteiger partial charge in [-0.25, -0.2) is 4.98 Å². The highest BCUT2D eigenvalue weighted by atomic mass is 32.1. The average molecular weight is 340 g/mol. The predicted molar refractivity (Wildman–Crippen MR) is 95.7 cm³/mol. The maximum atomic E-state index is 11.9. The summed E-state index contributed by atoms with van der Waals surface area (Å²) in [5, 5.41) is 3.27. The number of amides is 2. The third kappa shape index (κ3) is 4.30. The molecule has 0 saturated carbocycles. The molecule has 3 rings (SSSR count). The van der Waals surface area contributed by atoms with Crippen LogP contribution in [0.2, 0.25) is 0 Å². The molecule has 0 saturated heterocycles. The number of nitrogens with zero attached hydrogens (tertiary/aromatic N) is 1. The molecule has 0 radical (unpaired) electrons. The van der Waals surface area contributed by atoms with E-state index in [4.69, 9.17) is 0 Å². The topological polar surface area (TPSA) is 83.1 Å². The number of aromatic nitrogens is 1. The number of benzene rings is 2. The third-order valence-corrected chi connectivity index (χ3v) is 4.19. The fraction of sp³-hybridized carbons (Fsp3) is 0.118. The Labute approximate surface area is 142 Å². The van der Waals surface area contributed by atoms with E-state index < -0.39 is 0 Å². The van der Waals surface area contributed by atoms with Gasteiger partial charge in [0.15, 0.2) is 5.13 Å². The van der Waals surface area contributed by atoms with Crippen LogP contribution in [0.3, 0.4) is 0 Å². The zero-order valence-corrected chi connectivity index (χ0v) is 13.6. The van der Waals surface area contributed by atoms with Gasteiger partial charge >= 0.3 is 0 Å². The Bertz CT molecular complexity index is 815. The quantitative estimate of drug-likeness (QED) is 0.602. The Hall–Kier alpha value is -2.93. The van der Waals surface area contributed by atoms with Crippen molar-refractivity contribution in [3.8, 4) is 0 Å². The molecular formula is C17H16N4O2S. The highest BCUT2D eigenvalue weighted by Crippen LogP contribution is 2.25. The first-order valence-corrected chi connectivity index (χ1v) is 8.28. The molecule has 122 valence electrons. The molecule has 0 spiro atoms. The monoisotopic (exact) mass is 340 g/mol.